The number of hydrogen-bond donors (Lipinski definition) is 0. The van der Waals surface area contributed by atoms with Crippen molar-refractivity contribution in [1.82, 2.24) is 4.31 Å². The third-order valence-electron chi connectivity index (χ3n) is 5.23. The fourth-order valence-electron chi connectivity index (χ4n) is 3.72. The molecule has 148 valence electrons. The van der Waals surface area contributed by atoms with Gasteiger partial charge in [0.1, 0.15) is 6.04 Å². The van der Waals surface area contributed by atoms with Gasteiger partial charge in [0.2, 0.25) is 15.9 Å². The third-order valence-corrected chi connectivity index (χ3v) is 7.21. The van der Waals surface area contributed by atoms with Crippen molar-refractivity contribution in [2.75, 3.05) is 18.0 Å². The van der Waals surface area contributed by atoms with Crippen LogP contribution < -0.4 is 4.90 Å². The highest BCUT2D eigenvalue weighted by molar-refractivity contribution is 7.89. The summed E-state index contributed by atoms with van der Waals surface area (Å²) in [4.78, 5) is 15.1. The molecule has 0 radical (unpaired) electrons. The van der Waals surface area contributed by atoms with Gasteiger partial charge in [0.05, 0.1) is 10.6 Å². The number of piperazine rings is 1. The van der Waals surface area contributed by atoms with E-state index < -0.39 is 16.1 Å². The first kappa shape index (κ1) is 19.4. The number of amides is 1. The van der Waals surface area contributed by atoms with Crippen molar-refractivity contribution in [3.8, 4) is 11.1 Å². The standard InChI is InChI=1S/C23H22N2O3S/c1-18-23(26)24(16-17-25(18)29(27,28)20-12-6-3-7-13-20)22-15-9-8-14-21(22)19-10-4-2-5-11-19/h2-15,18H,16-17H2,1H3. The summed E-state index contributed by atoms with van der Waals surface area (Å²) in [6.07, 6.45) is 0. The average molecular weight is 407 g/mol. The molecule has 1 aliphatic heterocycles. The lowest BCUT2D eigenvalue weighted by Crippen LogP contribution is -2.57. The highest BCUT2D eigenvalue weighted by atomic mass is 32.2. The van der Waals surface area contributed by atoms with E-state index in [1.807, 2.05) is 54.6 Å². The molecule has 0 saturated carbocycles. The SMILES string of the molecule is CC1C(=O)N(c2ccccc2-c2ccccc2)CCN1S(=O)(=O)c1ccccc1. The molecule has 3 aromatic rings. The van der Waals surface area contributed by atoms with E-state index in [0.717, 1.165) is 16.8 Å². The minimum Gasteiger partial charge on any atom is -0.309 e. The largest absolute Gasteiger partial charge is 0.309 e. The van der Waals surface area contributed by atoms with Gasteiger partial charge in [0.25, 0.3) is 0 Å². The number of anilines is 1. The zero-order valence-corrected chi connectivity index (χ0v) is 16.9. The molecule has 1 aliphatic rings. The van der Waals surface area contributed by atoms with Gasteiger partial charge in [0, 0.05) is 18.7 Å². The molecule has 0 aliphatic carbocycles. The maximum atomic E-state index is 13.2. The second kappa shape index (κ2) is 7.81. The number of hydrogen-bond acceptors (Lipinski definition) is 3. The molecule has 0 N–H and O–H groups in total. The number of sulfonamides is 1. The van der Waals surface area contributed by atoms with Crippen LogP contribution in [-0.2, 0) is 14.8 Å². The van der Waals surface area contributed by atoms with Crippen molar-refractivity contribution in [1.29, 1.82) is 0 Å². The van der Waals surface area contributed by atoms with Gasteiger partial charge in [-0.25, -0.2) is 8.42 Å². The number of carbonyl (C=O) groups excluding carboxylic acids is 1. The van der Waals surface area contributed by atoms with Gasteiger partial charge in [0.15, 0.2) is 0 Å². The maximum absolute atomic E-state index is 13.2. The summed E-state index contributed by atoms with van der Waals surface area (Å²) in [5.41, 5.74) is 2.77. The van der Waals surface area contributed by atoms with Crippen LogP contribution in [-0.4, -0.2) is 37.8 Å². The number of benzene rings is 3. The van der Waals surface area contributed by atoms with Gasteiger partial charge in [-0.2, -0.15) is 4.31 Å². The Labute approximate surface area is 171 Å². The van der Waals surface area contributed by atoms with E-state index in [1.165, 1.54) is 4.31 Å². The first-order valence-corrected chi connectivity index (χ1v) is 11.0. The van der Waals surface area contributed by atoms with E-state index in [1.54, 1.807) is 42.2 Å². The number of carbonyl (C=O) groups is 1. The molecule has 1 saturated heterocycles. The van der Waals surface area contributed by atoms with Crippen LogP contribution in [0.15, 0.2) is 89.8 Å². The Kier molecular flexibility index (Phi) is 5.22. The van der Waals surface area contributed by atoms with Crippen molar-refractivity contribution in [3.05, 3.63) is 84.9 Å². The zero-order chi connectivity index (χ0) is 20.4. The second-order valence-corrected chi connectivity index (χ2v) is 8.87. The minimum absolute atomic E-state index is 0.206. The molecule has 1 atom stereocenters. The smallest absolute Gasteiger partial charge is 0.245 e. The van der Waals surface area contributed by atoms with Gasteiger partial charge in [-0.15, -0.1) is 0 Å². The van der Waals surface area contributed by atoms with Crippen LogP contribution >= 0.6 is 0 Å². The summed E-state index contributed by atoms with van der Waals surface area (Å²) < 4.78 is 27.4. The lowest BCUT2D eigenvalue weighted by atomic mass is 10.0. The van der Waals surface area contributed by atoms with E-state index in [0.29, 0.717) is 6.54 Å². The molecule has 4 rings (SSSR count). The predicted octanol–water partition coefficient (Wildman–Crippen LogP) is 3.78. The van der Waals surface area contributed by atoms with E-state index in [9.17, 15) is 13.2 Å². The lowest BCUT2D eigenvalue weighted by molar-refractivity contribution is -0.123. The third kappa shape index (κ3) is 3.57. The molecule has 3 aromatic carbocycles. The first-order chi connectivity index (χ1) is 14.0. The average Bonchev–Trinajstić information content (AvgIpc) is 2.77. The quantitative estimate of drug-likeness (QED) is 0.663. The van der Waals surface area contributed by atoms with Crippen molar-refractivity contribution in [3.63, 3.8) is 0 Å². The van der Waals surface area contributed by atoms with Crippen LogP contribution in [0.3, 0.4) is 0 Å². The summed E-state index contributed by atoms with van der Waals surface area (Å²) in [6.45, 7) is 2.20. The lowest BCUT2D eigenvalue weighted by Gasteiger charge is -2.38. The van der Waals surface area contributed by atoms with Crippen LogP contribution in [0.1, 0.15) is 6.92 Å². The molecular formula is C23H22N2O3S. The first-order valence-electron chi connectivity index (χ1n) is 9.53. The van der Waals surface area contributed by atoms with Crippen LogP contribution in [0.5, 0.6) is 0 Å². The molecule has 29 heavy (non-hydrogen) atoms. The summed E-state index contributed by atoms with van der Waals surface area (Å²) in [6, 6.07) is 25.1. The molecule has 0 bridgehead atoms. The summed E-state index contributed by atoms with van der Waals surface area (Å²) in [5.74, 6) is -0.223. The molecule has 5 nitrogen and oxygen atoms in total. The molecule has 1 fully saturated rings. The molecule has 6 heteroatoms. The van der Waals surface area contributed by atoms with E-state index >= 15 is 0 Å². The fourth-order valence-corrected chi connectivity index (χ4v) is 5.32. The van der Waals surface area contributed by atoms with Crippen LogP contribution in [0.25, 0.3) is 11.1 Å². The monoisotopic (exact) mass is 406 g/mol. The van der Waals surface area contributed by atoms with Crippen LogP contribution in [0, 0.1) is 0 Å². The minimum atomic E-state index is -3.73. The number of para-hydroxylation sites is 1. The zero-order valence-electron chi connectivity index (χ0n) is 16.1. The highest BCUT2D eigenvalue weighted by Crippen LogP contribution is 2.33. The Morgan fingerprint density at radius 3 is 2.07 bits per heavy atom. The summed E-state index contributed by atoms with van der Waals surface area (Å²) in [5, 5.41) is 0. The molecule has 0 spiro atoms. The predicted molar refractivity (Wildman–Crippen MR) is 114 cm³/mol. The molecule has 0 aromatic heterocycles. The molecule has 1 unspecified atom stereocenters. The van der Waals surface area contributed by atoms with Crippen LogP contribution in [0.4, 0.5) is 5.69 Å². The Bertz CT molecular complexity index is 1120. The van der Waals surface area contributed by atoms with Crippen molar-refractivity contribution in [2.24, 2.45) is 0 Å². The van der Waals surface area contributed by atoms with Crippen LogP contribution in [0.2, 0.25) is 0 Å². The van der Waals surface area contributed by atoms with E-state index in [-0.39, 0.29) is 17.3 Å². The molecular weight excluding hydrogens is 384 g/mol. The van der Waals surface area contributed by atoms with Crippen molar-refractivity contribution >= 4 is 21.6 Å². The van der Waals surface area contributed by atoms with Gasteiger partial charge in [-0.05, 0) is 30.7 Å². The molecule has 1 heterocycles. The van der Waals surface area contributed by atoms with E-state index in [4.69, 9.17) is 0 Å². The van der Waals surface area contributed by atoms with E-state index in [2.05, 4.69) is 0 Å². The van der Waals surface area contributed by atoms with Crippen molar-refractivity contribution in [2.45, 2.75) is 17.9 Å². The number of nitrogens with zero attached hydrogens (tertiary/aromatic N) is 2. The molecule has 1 amide bonds. The highest BCUT2D eigenvalue weighted by Gasteiger charge is 2.39. The van der Waals surface area contributed by atoms with Crippen molar-refractivity contribution < 1.29 is 13.2 Å². The second-order valence-electron chi connectivity index (χ2n) is 6.98. The number of rotatable bonds is 4. The van der Waals surface area contributed by atoms with Gasteiger partial charge >= 0.3 is 0 Å². The Morgan fingerprint density at radius 1 is 0.793 bits per heavy atom. The Balaban J connectivity index is 1.66. The van der Waals surface area contributed by atoms with Gasteiger partial charge < -0.3 is 4.90 Å². The Morgan fingerprint density at radius 2 is 1.38 bits per heavy atom. The topological polar surface area (TPSA) is 57.7 Å². The summed E-state index contributed by atoms with van der Waals surface area (Å²) in [7, 11) is -3.73. The Hall–Kier alpha value is -2.96. The maximum Gasteiger partial charge on any atom is 0.245 e. The van der Waals surface area contributed by atoms with Gasteiger partial charge in [-0.3, -0.25) is 4.79 Å². The summed E-state index contributed by atoms with van der Waals surface area (Å²) >= 11 is 0. The normalized spacial score (nSPS) is 18.0. The van der Waals surface area contributed by atoms with Gasteiger partial charge in [-0.1, -0.05) is 66.7 Å². The fraction of sp³-hybridized carbons (Fsp3) is 0.174.